The summed E-state index contributed by atoms with van der Waals surface area (Å²) >= 11 is 0. The third kappa shape index (κ3) is 3.33. The second-order valence-electron chi connectivity index (χ2n) is 6.96. The SMILES string of the molecule is CCc1ccc2oc(=O)cc(CN(C)CC3(CO)CCC3)c2c1. The van der Waals surface area contributed by atoms with Crippen LogP contribution in [0, 0.1) is 5.41 Å². The second-order valence-corrected chi connectivity index (χ2v) is 6.96. The quantitative estimate of drug-likeness (QED) is 0.833. The van der Waals surface area contributed by atoms with Crippen LogP contribution in [0.15, 0.2) is 33.5 Å². The molecule has 0 atom stereocenters. The predicted octanol–water partition coefficient (Wildman–Crippen LogP) is 2.95. The van der Waals surface area contributed by atoms with E-state index in [9.17, 15) is 9.90 Å². The summed E-state index contributed by atoms with van der Waals surface area (Å²) < 4.78 is 5.32. The monoisotopic (exact) mass is 315 g/mol. The van der Waals surface area contributed by atoms with E-state index in [1.807, 2.05) is 12.1 Å². The van der Waals surface area contributed by atoms with Gasteiger partial charge in [0, 0.05) is 36.6 Å². The molecule has 0 spiro atoms. The first-order valence-electron chi connectivity index (χ1n) is 8.40. The second kappa shape index (κ2) is 6.46. The zero-order valence-electron chi connectivity index (χ0n) is 14.0. The minimum absolute atomic E-state index is 0.0541. The number of fused-ring (bicyclic) bond motifs is 1. The molecule has 0 saturated heterocycles. The first kappa shape index (κ1) is 16.2. The number of benzene rings is 1. The van der Waals surface area contributed by atoms with Gasteiger partial charge in [-0.25, -0.2) is 4.79 Å². The lowest BCUT2D eigenvalue weighted by Gasteiger charge is -2.43. The maximum absolute atomic E-state index is 11.8. The molecule has 2 aromatic rings. The van der Waals surface area contributed by atoms with Gasteiger partial charge >= 0.3 is 5.63 Å². The van der Waals surface area contributed by atoms with Crippen LogP contribution in [0.1, 0.15) is 37.3 Å². The number of hydrogen-bond acceptors (Lipinski definition) is 4. The molecule has 0 radical (unpaired) electrons. The summed E-state index contributed by atoms with van der Waals surface area (Å²) in [6.45, 7) is 3.92. The van der Waals surface area contributed by atoms with Crippen LogP contribution in [0.25, 0.3) is 11.0 Å². The summed E-state index contributed by atoms with van der Waals surface area (Å²) in [4.78, 5) is 14.0. The molecule has 0 unspecified atom stereocenters. The minimum atomic E-state index is -0.300. The van der Waals surface area contributed by atoms with Gasteiger partial charge in [0.15, 0.2) is 0 Å². The lowest BCUT2D eigenvalue weighted by molar-refractivity contribution is 0.0128. The Hall–Kier alpha value is -1.65. The van der Waals surface area contributed by atoms with Crippen LogP contribution in [0.4, 0.5) is 0 Å². The highest BCUT2D eigenvalue weighted by Gasteiger charge is 2.37. The van der Waals surface area contributed by atoms with Crippen molar-refractivity contribution in [1.29, 1.82) is 0 Å². The van der Waals surface area contributed by atoms with Gasteiger partial charge in [-0.15, -0.1) is 0 Å². The topological polar surface area (TPSA) is 53.7 Å². The molecule has 1 fully saturated rings. The fraction of sp³-hybridized carbons (Fsp3) is 0.526. The first-order chi connectivity index (χ1) is 11.0. The molecule has 0 amide bonds. The zero-order chi connectivity index (χ0) is 16.4. The van der Waals surface area contributed by atoms with Gasteiger partial charge in [-0.2, -0.15) is 0 Å². The molecule has 1 aromatic carbocycles. The zero-order valence-corrected chi connectivity index (χ0v) is 14.0. The van der Waals surface area contributed by atoms with Crippen molar-refractivity contribution in [3.8, 4) is 0 Å². The summed E-state index contributed by atoms with van der Waals surface area (Å²) in [5.41, 5.74) is 2.64. The van der Waals surface area contributed by atoms with Gasteiger partial charge in [0.1, 0.15) is 5.58 Å². The van der Waals surface area contributed by atoms with E-state index < -0.39 is 0 Å². The van der Waals surface area contributed by atoms with Crippen LogP contribution < -0.4 is 5.63 Å². The van der Waals surface area contributed by atoms with Crippen molar-refractivity contribution in [1.82, 2.24) is 4.90 Å². The molecule has 124 valence electrons. The van der Waals surface area contributed by atoms with E-state index in [2.05, 4.69) is 24.9 Å². The molecule has 4 heteroatoms. The van der Waals surface area contributed by atoms with Crippen molar-refractivity contribution in [2.24, 2.45) is 5.41 Å². The van der Waals surface area contributed by atoms with E-state index in [1.165, 1.54) is 12.0 Å². The number of nitrogens with zero attached hydrogens (tertiary/aromatic N) is 1. The smallest absolute Gasteiger partial charge is 0.336 e. The predicted molar refractivity (Wildman–Crippen MR) is 91.6 cm³/mol. The Bertz CT molecular complexity index is 740. The van der Waals surface area contributed by atoms with E-state index in [-0.39, 0.29) is 17.6 Å². The molecule has 0 aliphatic heterocycles. The summed E-state index contributed by atoms with van der Waals surface area (Å²) in [6.07, 6.45) is 4.33. The highest BCUT2D eigenvalue weighted by molar-refractivity contribution is 5.80. The maximum Gasteiger partial charge on any atom is 0.336 e. The lowest BCUT2D eigenvalue weighted by atomic mass is 9.69. The van der Waals surface area contributed by atoms with Gasteiger partial charge in [0.2, 0.25) is 0 Å². The van der Waals surface area contributed by atoms with Gasteiger partial charge in [-0.05, 0) is 49.6 Å². The van der Waals surface area contributed by atoms with Gasteiger partial charge < -0.3 is 14.4 Å². The summed E-state index contributed by atoms with van der Waals surface area (Å²) in [5.74, 6) is 0. The first-order valence-corrected chi connectivity index (χ1v) is 8.40. The average Bonchev–Trinajstić information content (AvgIpc) is 2.50. The number of aliphatic hydroxyl groups is 1. The Labute approximate surface area is 136 Å². The molecular formula is C19H25NO3. The van der Waals surface area contributed by atoms with Crippen molar-refractivity contribution < 1.29 is 9.52 Å². The van der Waals surface area contributed by atoms with E-state index in [0.29, 0.717) is 12.1 Å². The third-order valence-corrected chi connectivity index (χ3v) is 5.10. The van der Waals surface area contributed by atoms with E-state index in [0.717, 1.165) is 36.8 Å². The molecule has 1 aliphatic rings. The van der Waals surface area contributed by atoms with Gasteiger partial charge in [0.05, 0.1) is 0 Å². The lowest BCUT2D eigenvalue weighted by Crippen LogP contribution is -2.43. The Kier molecular flexibility index (Phi) is 4.55. The fourth-order valence-electron chi connectivity index (χ4n) is 3.59. The van der Waals surface area contributed by atoms with Crippen LogP contribution in [0.3, 0.4) is 0 Å². The van der Waals surface area contributed by atoms with Crippen LogP contribution >= 0.6 is 0 Å². The Balaban J connectivity index is 1.87. The van der Waals surface area contributed by atoms with Crippen molar-refractivity contribution in [3.05, 3.63) is 45.8 Å². The average molecular weight is 315 g/mol. The largest absolute Gasteiger partial charge is 0.423 e. The Morgan fingerprint density at radius 3 is 2.70 bits per heavy atom. The van der Waals surface area contributed by atoms with Crippen LogP contribution in [0.5, 0.6) is 0 Å². The molecule has 3 rings (SSSR count). The molecule has 1 aromatic heterocycles. The number of aliphatic hydroxyl groups excluding tert-OH is 1. The molecule has 23 heavy (non-hydrogen) atoms. The highest BCUT2D eigenvalue weighted by atomic mass is 16.4. The van der Waals surface area contributed by atoms with E-state index in [4.69, 9.17) is 4.42 Å². The minimum Gasteiger partial charge on any atom is -0.423 e. The summed E-state index contributed by atoms with van der Waals surface area (Å²) in [6, 6.07) is 7.62. The number of hydrogen-bond donors (Lipinski definition) is 1. The van der Waals surface area contributed by atoms with Crippen molar-refractivity contribution >= 4 is 11.0 Å². The van der Waals surface area contributed by atoms with Gasteiger partial charge in [0.25, 0.3) is 0 Å². The van der Waals surface area contributed by atoms with Crippen LogP contribution in [-0.2, 0) is 13.0 Å². The van der Waals surface area contributed by atoms with Crippen LogP contribution in [-0.4, -0.2) is 30.2 Å². The van der Waals surface area contributed by atoms with Crippen molar-refractivity contribution in [2.75, 3.05) is 20.2 Å². The summed E-state index contributed by atoms with van der Waals surface area (Å²) in [7, 11) is 2.06. The third-order valence-electron chi connectivity index (χ3n) is 5.10. The Morgan fingerprint density at radius 1 is 1.30 bits per heavy atom. The Morgan fingerprint density at radius 2 is 2.09 bits per heavy atom. The molecule has 1 saturated carbocycles. The normalized spacial score (nSPS) is 16.7. The standard InChI is InChI=1S/C19H25NO3/c1-3-14-5-6-17-16(9-14)15(10-18(22)23-17)11-20(2)12-19(13-21)7-4-8-19/h5-6,9-10,21H,3-4,7-8,11-13H2,1-2H3. The molecule has 1 N–H and O–H groups in total. The van der Waals surface area contributed by atoms with Gasteiger partial charge in [-0.3, -0.25) is 0 Å². The number of rotatable bonds is 6. The molecule has 1 aliphatic carbocycles. The molecule has 1 heterocycles. The van der Waals surface area contributed by atoms with E-state index in [1.54, 1.807) is 6.07 Å². The van der Waals surface area contributed by atoms with E-state index >= 15 is 0 Å². The highest BCUT2D eigenvalue weighted by Crippen LogP contribution is 2.41. The van der Waals surface area contributed by atoms with Crippen molar-refractivity contribution in [2.45, 2.75) is 39.2 Å². The van der Waals surface area contributed by atoms with Crippen molar-refractivity contribution in [3.63, 3.8) is 0 Å². The van der Waals surface area contributed by atoms with Gasteiger partial charge in [-0.1, -0.05) is 19.4 Å². The van der Waals surface area contributed by atoms with Crippen LogP contribution in [0.2, 0.25) is 0 Å². The fourth-order valence-corrected chi connectivity index (χ4v) is 3.59. The molecular weight excluding hydrogens is 290 g/mol. The molecule has 0 bridgehead atoms. The number of aryl methyl sites for hydroxylation is 1. The summed E-state index contributed by atoms with van der Waals surface area (Å²) in [5, 5.41) is 10.7. The maximum atomic E-state index is 11.8. The molecule has 4 nitrogen and oxygen atoms in total.